The Kier molecular flexibility index (Phi) is 110. The van der Waals surface area contributed by atoms with Crippen molar-refractivity contribution in [2.45, 2.75) is 137 Å². The summed E-state index contributed by atoms with van der Waals surface area (Å²) in [5.74, 6) is -6.83. The van der Waals surface area contributed by atoms with Gasteiger partial charge in [-0.25, -0.2) is 9.59 Å². The lowest BCUT2D eigenvalue weighted by Gasteiger charge is -2.00. The van der Waals surface area contributed by atoms with Gasteiger partial charge < -0.3 is 90.0 Å². The molecule has 0 aromatic carbocycles. The van der Waals surface area contributed by atoms with Gasteiger partial charge in [-0.3, -0.25) is 86.3 Å². The zero-order valence-corrected chi connectivity index (χ0v) is 63.0. The predicted molar refractivity (Wildman–Crippen MR) is 346 cm³/mol. The van der Waals surface area contributed by atoms with E-state index in [1.807, 2.05) is 12.5 Å². The predicted octanol–water partition coefficient (Wildman–Crippen LogP) is 2.94. The largest absolute Gasteiger partial charge is 0.469 e. The van der Waals surface area contributed by atoms with E-state index < -0.39 is 77.6 Å². The minimum Gasteiger partial charge on any atom is -0.469 e. The first-order valence-corrected chi connectivity index (χ1v) is 30.7. The third-order valence-corrected chi connectivity index (χ3v) is 7.07. The molecule has 0 heterocycles. The Morgan fingerprint density at radius 1 is 0.230 bits per heavy atom. The van der Waals surface area contributed by atoms with Crippen LogP contribution in [-0.4, -0.2) is 245 Å². The molecule has 0 radical (unpaired) electrons. The number of ketones is 3. The number of carbonyl (C=O) groups is 20. The van der Waals surface area contributed by atoms with Crippen molar-refractivity contribution in [2.24, 2.45) is 0 Å². The van der Waals surface area contributed by atoms with Crippen LogP contribution in [0.4, 0.5) is 0 Å². The standard InChI is InChI=1S/2C6H10O4.C6H10O3.3C5H8O4.2C5H8O3.2C4H8O3.2C4H8O2S/c1-3-10-6(8)4-5(7)9-2;1-3-9-6(8)4-10-5(2)7;1-3-9-6(8)4-5(2)7;1-4(6)9-3-5(7)8-2;2*1-4(6)8-3-9-5(2)7;2*1-4(6)3-8-5(2)7;2*1-4(5)7-3-6-2;2*1-4(5)6-3-7-2/h2*3-4H2,1-2H3;3-4H2,1-2H3;3*3H2,1-2H3;2*3H2,1-2H3;4*3H2,1-2H3. The van der Waals surface area contributed by atoms with Crippen LogP contribution in [-0.2, 0) is 186 Å². The van der Waals surface area contributed by atoms with Crippen molar-refractivity contribution in [1.29, 1.82) is 0 Å². The molecule has 0 fully saturated rings. The van der Waals surface area contributed by atoms with Gasteiger partial charge in [0.25, 0.3) is 0 Å². The molecule has 0 atom stereocenters. The molecule has 0 amide bonds. The third kappa shape index (κ3) is 191. The maximum absolute atomic E-state index is 10.5. The number of carbonyl (C=O) groups excluding carboxylic acids is 20. The van der Waals surface area contributed by atoms with E-state index >= 15 is 0 Å². The fraction of sp³-hybridized carbons (Fsp3) is 0.661. The number of methoxy groups -OCH3 is 4. The Labute approximate surface area is 590 Å². The van der Waals surface area contributed by atoms with Gasteiger partial charge in [-0.2, -0.15) is 0 Å². The SMILES string of the molecule is CC(=O)COC(C)=O.CC(=O)COC(C)=O.CC(=O)OCOC(C)=O.CC(=O)OCOC(C)=O.CCOC(=O)CC(=O)OC.CCOC(=O)CC(C)=O.CCOC(=O)COC(C)=O.COC(=O)COC(C)=O.COCOC(C)=O.COCOC(C)=O.CSCOC(C)=O.CSCOC(C)=O. The maximum atomic E-state index is 10.5. The summed E-state index contributed by atoms with van der Waals surface area (Å²) in [5.41, 5.74) is 0. The smallest absolute Gasteiger partial charge is 0.344 e. The second-order valence-corrected chi connectivity index (χ2v) is 17.7. The highest BCUT2D eigenvalue weighted by Gasteiger charge is 2.09. The summed E-state index contributed by atoms with van der Waals surface area (Å²) in [7, 11) is 5.37. The number of Topliss-reactive ketones (excluding diaryl/α,β-unsaturated/α-hetero) is 3. The van der Waals surface area contributed by atoms with E-state index in [0.717, 1.165) is 0 Å². The molecule has 0 saturated heterocycles. The van der Waals surface area contributed by atoms with E-state index in [0.29, 0.717) is 25.1 Å². The van der Waals surface area contributed by atoms with Crippen LogP contribution in [0.5, 0.6) is 0 Å². The first kappa shape index (κ1) is 118. The molecule has 39 nitrogen and oxygen atoms in total. The summed E-state index contributed by atoms with van der Waals surface area (Å²) in [6, 6.07) is 0. The molecule has 0 spiro atoms. The van der Waals surface area contributed by atoms with E-state index in [9.17, 15) is 95.9 Å². The number of thioether (sulfide) groups is 2. The fourth-order valence-electron chi connectivity index (χ4n) is 2.77. The zero-order chi connectivity index (χ0) is 81.0. The van der Waals surface area contributed by atoms with Crippen LogP contribution in [0.3, 0.4) is 0 Å². The molecule has 0 aliphatic heterocycles. The molecular formula is C59H102O39S2. The van der Waals surface area contributed by atoms with E-state index in [4.69, 9.17) is 0 Å². The van der Waals surface area contributed by atoms with Gasteiger partial charge in [-0.15, -0.1) is 23.5 Å². The van der Waals surface area contributed by atoms with Gasteiger partial charge in [0.15, 0.2) is 38.4 Å². The first-order chi connectivity index (χ1) is 46.3. The van der Waals surface area contributed by atoms with Crippen molar-refractivity contribution < 1.29 is 186 Å². The van der Waals surface area contributed by atoms with Crippen molar-refractivity contribution in [2.75, 3.05) is 126 Å². The van der Waals surface area contributed by atoms with Gasteiger partial charge >= 0.3 is 101 Å². The van der Waals surface area contributed by atoms with Gasteiger partial charge in [0.2, 0.25) is 13.6 Å². The Hall–Kier alpha value is -9.38. The number of esters is 17. The van der Waals surface area contributed by atoms with Gasteiger partial charge in [0.05, 0.1) is 34.0 Å². The molecule has 0 saturated carbocycles. The van der Waals surface area contributed by atoms with Crippen LogP contribution in [0.1, 0.15) is 137 Å². The second-order valence-electron chi connectivity index (χ2n) is 16.1. The molecule has 0 bridgehead atoms. The normalized spacial score (nSPS) is 8.36. The molecular weight excluding hydrogens is 1400 g/mol. The maximum Gasteiger partial charge on any atom is 0.344 e. The van der Waals surface area contributed by atoms with Crippen LogP contribution < -0.4 is 0 Å². The lowest BCUT2D eigenvalue weighted by Crippen LogP contribution is -2.14. The first-order valence-electron chi connectivity index (χ1n) is 27.9. The molecule has 0 aromatic rings. The van der Waals surface area contributed by atoms with Crippen LogP contribution in [0.25, 0.3) is 0 Å². The molecule has 0 N–H and O–H groups in total. The molecule has 0 aromatic heterocycles. The highest BCUT2D eigenvalue weighted by molar-refractivity contribution is 7.98. The lowest BCUT2D eigenvalue weighted by atomic mass is 10.3. The van der Waals surface area contributed by atoms with E-state index in [1.54, 1.807) is 20.8 Å². The molecule has 0 aliphatic carbocycles. The average molecular weight is 1500 g/mol. The van der Waals surface area contributed by atoms with E-state index in [2.05, 4.69) is 90.0 Å². The van der Waals surface area contributed by atoms with E-state index in [-0.39, 0.29) is 114 Å². The highest BCUT2D eigenvalue weighted by Crippen LogP contribution is 1.92. The summed E-state index contributed by atoms with van der Waals surface area (Å²) >= 11 is 2.97. The van der Waals surface area contributed by atoms with Crippen molar-refractivity contribution in [1.82, 2.24) is 0 Å². The highest BCUT2D eigenvalue weighted by atomic mass is 32.2. The molecule has 0 unspecified atom stereocenters. The fourth-order valence-corrected chi connectivity index (χ4v) is 3.33. The van der Waals surface area contributed by atoms with Crippen molar-refractivity contribution in [3.8, 4) is 0 Å². The van der Waals surface area contributed by atoms with Crippen molar-refractivity contribution in [3.63, 3.8) is 0 Å². The van der Waals surface area contributed by atoms with Gasteiger partial charge in [-0.05, 0) is 54.1 Å². The summed E-state index contributed by atoms with van der Waals surface area (Å²) in [6.07, 6.45) is 3.35. The zero-order valence-electron chi connectivity index (χ0n) is 61.3. The van der Waals surface area contributed by atoms with Crippen LogP contribution in [0.2, 0.25) is 0 Å². The summed E-state index contributed by atoms with van der Waals surface area (Å²) in [4.78, 5) is 202. The van der Waals surface area contributed by atoms with Gasteiger partial charge in [0, 0.05) is 97.3 Å². The number of hydrogen-bond donors (Lipinski definition) is 0. The molecule has 584 valence electrons. The molecule has 0 rings (SSSR count). The quantitative estimate of drug-likeness (QED) is 0.0494. The minimum atomic E-state index is -0.571. The summed E-state index contributed by atoms with van der Waals surface area (Å²) in [6.45, 7) is 24.2. The third-order valence-electron chi connectivity index (χ3n) is 6.37. The molecule has 0 aliphatic rings. The topological polar surface area (TPSA) is 517 Å². The van der Waals surface area contributed by atoms with E-state index in [1.165, 1.54) is 156 Å². The number of rotatable bonds is 27. The second kappa shape index (κ2) is 93.8. The average Bonchev–Trinajstić information content (AvgIpc) is 3.10. The molecule has 100 heavy (non-hydrogen) atoms. The van der Waals surface area contributed by atoms with Crippen LogP contribution in [0, 0.1) is 0 Å². The van der Waals surface area contributed by atoms with Crippen LogP contribution in [0.15, 0.2) is 0 Å². The Morgan fingerprint density at radius 2 is 0.450 bits per heavy atom. The summed E-state index contributed by atoms with van der Waals surface area (Å²) < 4.78 is 82.7. The number of hydrogen-bond acceptors (Lipinski definition) is 41. The lowest BCUT2D eigenvalue weighted by molar-refractivity contribution is -0.165. The van der Waals surface area contributed by atoms with Gasteiger partial charge in [-0.1, -0.05) is 0 Å². The minimum absolute atomic E-state index is 0.0509. The number of ether oxygens (including phenoxy) is 19. The van der Waals surface area contributed by atoms with Crippen molar-refractivity contribution in [3.05, 3.63) is 0 Å². The Balaban J connectivity index is -0.0000000846. The monoisotopic (exact) mass is 1500 g/mol. The van der Waals surface area contributed by atoms with Gasteiger partial charge in [0.1, 0.15) is 43.7 Å². The van der Waals surface area contributed by atoms with Crippen LogP contribution >= 0.6 is 23.5 Å². The molecule has 41 heteroatoms. The Bertz CT molecular complexity index is 2120. The Morgan fingerprint density at radius 3 is 0.620 bits per heavy atom. The summed E-state index contributed by atoms with van der Waals surface area (Å²) in [5, 5.41) is 0. The van der Waals surface area contributed by atoms with Crippen molar-refractivity contribution >= 4 is 142 Å².